The molecule has 0 unspecified atom stereocenters. The Balaban J connectivity index is 1.93. The fraction of sp³-hybridized carbons (Fsp3) is 1.00. The summed E-state index contributed by atoms with van der Waals surface area (Å²) in [4.78, 5) is 0. The summed E-state index contributed by atoms with van der Waals surface area (Å²) in [6.45, 7) is 0.885. The minimum atomic E-state index is 0.470. The van der Waals surface area contributed by atoms with Gasteiger partial charge in [0.1, 0.15) is 0 Å². The maximum Gasteiger partial charge on any atom is 0.0290 e. The van der Waals surface area contributed by atoms with Crippen LogP contribution in [0.1, 0.15) is 44.9 Å². The predicted octanol–water partition coefficient (Wildman–Crippen LogP) is 2.79. The summed E-state index contributed by atoms with van der Waals surface area (Å²) in [5.41, 5.74) is 6.59. The average molecular weight is 199 g/mol. The fourth-order valence-corrected chi connectivity index (χ4v) is 4.41. The van der Waals surface area contributed by atoms with Gasteiger partial charge in [-0.3, -0.25) is 0 Å². The standard InChI is InChI=1S/C11H21NS/c1-13-11(9-12)7-10(8-11)5-3-2-4-6-10/h2-9,12H2,1H3. The molecular formula is C11H21NS. The fourth-order valence-electron chi connectivity index (χ4n) is 3.34. The van der Waals surface area contributed by atoms with E-state index in [2.05, 4.69) is 6.26 Å². The van der Waals surface area contributed by atoms with Crippen LogP contribution in [-0.2, 0) is 0 Å². The van der Waals surface area contributed by atoms with E-state index in [1.165, 1.54) is 44.9 Å². The Labute approximate surface area is 85.8 Å². The molecule has 2 N–H and O–H groups in total. The van der Waals surface area contributed by atoms with E-state index in [-0.39, 0.29) is 0 Å². The highest BCUT2D eigenvalue weighted by molar-refractivity contribution is 8.00. The molecular weight excluding hydrogens is 178 g/mol. The van der Waals surface area contributed by atoms with Gasteiger partial charge in [-0.1, -0.05) is 19.3 Å². The van der Waals surface area contributed by atoms with Gasteiger partial charge >= 0.3 is 0 Å². The predicted molar refractivity (Wildman–Crippen MR) is 60.1 cm³/mol. The summed E-state index contributed by atoms with van der Waals surface area (Å²) < 4.78 is 0.470. The number of hydrogen-bond acceptors (Lipinski definition) is 2. The Morgan fingerprint density at radius 1 is 1.15 bits per heavy atom. The molecule has 1 spiro atoms. The van der Waals surface area contributed by atoms with Gasteiger partial charge in [0.25, 0.3) is 0 Å². The smallest absolute Gasteiger partial charge is 0.0290 e. The van der Waals surface area contributed by atoms with Crippen LogP contribution in [0.2, 0.25) is 0 Å². The van der Waals surface area contributed by atoms with Crippen molar-refractivity contribution in [2.75, 3.05) is 12.8 Å². The lowest BCUT2D eigenvalue weighted by atomic mass is 9.55. The summed E-state index contributed by atoms with van der Waals surface area (Å²) in [6, 6.07) is 0. The second kappa shape index (κ2) is 3.47. The molecule has 0 aromatic carbocycles. The lowest BCUT2D eigenvalue weighted by molar-refractivity contribution is 0.0404. The first-order valence-electron chi connectivity index (χ1n) is 5.50. The molecule has 0 aromatic rings. The monoisotopic (exact) mass is 199 g/mol. The summed E-state index contributed by atoms with van der Waals surface area (Å²) in [5, 5.41) is 0. The Bertz CT molecular complexity index is 171. The first kappa shape index (κ1) is 9.85. The van der Waals surface area contributed by atoms with Crippen LogP contribution in [-0.4, -0.2) is 17.5 Å². The van der Waals surface area contributed by atoms with Crippen molar-refractivity contribution in [2.24, 2.45) is 11.1 Å². The van der Waals surface area contributed by atoms with Crippen molar-refractivity contribution in [3.05, 3.63) is 0 Å². The van der Waals surface area contributed by atoms with Crippen molar-refractivity contribution in [3.63, 3.8) is 0 Å². The SMILES string of the molecule is CSC1(CN)CC2(CCCCC2)C1. The molecule has 0 bridgehead atoms. The second-order valence-corrected chi connectivity index (χ2v) is 6.28. The maximum atomic E-state index is 5.85. The largest absolute Gasteiger partial charge is 0.329 e. The molecule has 0 heterocycles. The highest BCUT2D eigenvalue weighted by Gasteiger charge is 2.52. The minimum Gasteiger partial charge on any atom is -0.329 e. The number of thioether (sulfide) groups is 1. The van der Waals surface area contributed by atoms with Crippen molar-refractivity contribution in [2.45, 2.75) is 49.7 Å². The summed E-state index contributed by atoms with van der Waals surface area (Å²) in [5.74, 6) is 0. The Morgan fingerprint density at radius 3 is 2.23 bits per heavy atom. The number of rotatable bonds is 2. The molecule has 13 heavy (non-hydrogen) atoms. The van der Waals surface area contributed by atoms with Crippen LogP contribution >= 0.6 is 11.8 Å². The van der Waals surface area contributed by atoms with E-state index in [1.54, 1.807) is 0 Å². The average Bonchev–Trinajstić information content (AvgIpc) is 2.15. The second-order valence-electron chi connectivity index (χ2n) is 5.01. The molecule has 2 saturated carbocycles. The van der Waals surface area contributed by atoms with Crippen LogP contribution in [0.4, 0.5) is 0 Å². The normalized spacial score (nSPS) is 30.0. The first-order valence-corrected chi connectivity index (χ1v) is 6.72. The van der Waals surface area contributed by atoms with Crippen molar-refractivity contribution in [3.8, 4) is 0 Å². The third-order valence-corrected chi connectivity index (χ3v) is 5.43. The van der Waals surface area contributed by atoms with E-state index >= 15 is 0 Å². The third kappa shape index (κ3) is 1.63. The molecule has 0 atom stereocenters. The highest BCUT2D eigenvalue weighted by atomic mass is 32.2. The Morgan fingerprint density at radius 2 is 1.77 bits per heavy atom. The highest BCUT2D eigenvalue weighted by Crippen LogP contribution is 2.60. The van der Waals surface area contributed by atoms with Gasteiger partial charge in [0.2, 0.25) is 0 Å². The van der Waals surface area contributed by atoms with E-state index in [9.17, 15) is 0 Å². The van der Waals surface area contributed by atoms with E-state index in [1.807, 2.05) is 11.8 Å². The van der Waals surface area contributed by atoms with Crippen molar-refractivity contribution < 1.29 is 0 Å². The van der Waals surface area contributed by atoms with E-state index in [0.717, 1.165) is 12.0 Å². The molecule has 0 amide bonds. The molecule has 2 aliphatic rings. The van der Waals surface area contributed by atoms with E-state index in [0.29, 0.717) is 4.75 Å². The third-order valence-electron chi connectivity index (χ3n) is 4.11. The van der Waals surface area contributed by atoms with Crippen LogP contribution in [0.3, 0.4) is 0 Å². The van der Waals surface area contributed by atoms with Gasteiger partial charge in [-0.25, -0.2) is 0 Å². The Hall–Kier alpha value is 0.310. The molecule has 2 heteroatoms. The summed E-state index contributed by atoms with van der Waals surface area (Å²) >= 11 is 2.00. The molecule has 0 saturated heterocycles. The van der Waals surface area contributed by atoms with Crippen molar-refractivity contribution >= 4 is 11.8 Å². The van der Waals surface area contributed by atoms with Crippen LogP contribution in [0.25, 0.3) is 0 Å². The Kier molecular flexibility index (Phi) is 2.63. The zero-order chi connectivity index (χ0) is 9.36. The molecule has 2 fully saturated rings. The molecule has 1 nitrogen and oxygen atoms in total. The number of hydrogen-bond donors (Lipinski definition) is 1. The summed E-state index contributed by atoms with van der Waals surface area (Å²) in [7, 11) is 0. The van der Waals surface area contributed by atoms with Crippen molar-refractivity contribution in [1.82, 2.24) is 0 Å². The van der Waals surface area contributed by atoms with Crippen molar-refractivity contribution in [1.29, 1.82) is 0 Å². The molecule has 2 aliphatic carbocycles. The molecule has 76 valence electrons. The van der Waals surface area contributed by atoms with Crippen LogP contribution < -0.4 is 5.73 Å². The topological polar surface area (TPSA) is 26.0 Å². The van der Waals surface area contributed by atoms with Gasteiger partial charge in [0.05, 0.1) is 0 Å². The zero-order valence-electron chi connectivity index (χ0n) is 8.64. The van der Waals surface area contributed by atoms with Gasteiger partial charge in [0.15, 0.2) is 0 Å². The van der Waals surface area contributed by atoms with Crippen LogP contribution in [0, 0.1) is 5.41 Å². The lowest BCUT2D eigenvalue weighted by Crippen LogP contribution is -2.54. The van der Waals surface area contributed by atoms with Gasteiger partial charge < -0.3 is 5.73 Å². The minimum absolute atomic E-state index is 0.470. The lowest BCUT2D eigenvalue weighted by Gasteiger charge is -2.57. The number of nitrogens with two attached hydrogens (primary N) is 1. The summed E-state index contributed by atoms with van der Waals surface area (Å²) in [6.07, 6.45) is 12.4. The zero-order valence-corrected chi connectivity index (χ0v) is 9.46. The molecule has 0 aromatic heterocycles. The quantitative estimate of drug-likeness (QED) is 0.740. The maximum absolute atomic E-state index is 5.85. The van der Waals surface area contributed by atoms with Crippen LogP contribution in [0.5, 0.6) is 0 Å². The van der Waals surface area contributed by atoms with Gasteiger partial charge in [-0.2, -0.15) is 11.8 Å². The van der Waals surface area contributed by atoms with Gasteiger partial charge in [-0.15, -0.1) is 0 Å². The van der Waals surface area contributed by atoms with E-state index in [4.69, 9.17) is 5.73 Å². The molecule has 0 aliphatic heterocycles. The van der Waals surface area contributed by atoms with Gasteiger partial charge in [-0.05, 0) is 37.4 Å². The van der Waals surface area contributed by atoms with Crippen LogP contribution in [0.15, 0.2) is 0 Å². The molecule has 0 radical (unpaired) electrons. The van der Waals surface area contributed by atoms with E-state index < -0.39 is 0 Å². The molecule has 2 rings (SSSR count). The van der Waals surface area contributed by atoms with Gasteiger partial charge in [0, 0.05) is 11.3 Å². The first-order chi connectivity index (χ1) is 6.24.